The van der Waals surface area contributed by atoms with E-state index in [9.17, 15) is 4.79 Å². The Morgan fingerprint density at radius 3 is 2.64 bits per heavy atom. The van der Waals surface area contributed by atoms with E-state index in [2.05, 4.69) is 19.2 Å². The molecule has 0 radical (unpaired) electrons. The van der Waals surface area contributed by atoms with Gasteiger partial charge in [0.25, 0.3) is 5.91 Å². The highest BCUT2D eigenvalue weighted by atomic mass is 16.6. The molecule has 28 heavy (non-hydrogen) atoms. The quantitative estimate of drug-likeness (QED) is 0.707. The van der Waals surface area contributed by atoms with E-state index >= 15 is 0 Å². The summed E-state index contributed by atoms with van der Waals surface area (Å²) < 4.78 is 21.8. The molecule has 0 saturated carbocycles. The molecule has 0 aromatic heterocycles. The van der Waals surface area contributed by atoms with E-state index in [-0.39, 0.29) is 11.3 Å². The number of carbonyl (C=O) groups is 1. The summed E-state index contributed by atoms with van der Waals surface area (Å²) in [7, 11) is 1.62. The Bertz CT molecular complexity index is 818. The van der Waals surface area contributed by atoms with Crippen LogP contribution in [0.3, 0.4) is 0 Å². The number of rotatable bonds is 8. The van der Waals surface area contributed by atoms with Crippen molar-refractivity contribution in [3.63, 3.8) is 0 Å². The molecule has 0 unspecified atom stereocenters. The van der Waals surface area contributed by atoms with Crippen molar-refractivity contribution in [2.45, 2.75) is 19.3 Å². The van der Waals surface area contributed by atoms with Gasteiger partial charge in [-0.05, 0) is 35.9 Å². The lowest BCUT2D eigenvalue weighted by molar-refractivity contribution is 0.0945. The Morgan fingerprint density at radius 1 is 1.07 bits per heavy atom. The van der Waals surface area contributed by atoms with Crippen molar-refractivity contribution in [3.8, 4) is 17.2 Å². The number of fused-ring (bicyclic) bond motifs is 1. The van der Waals surface area contributed by atoms with Crippen molar-refractivity contribution in [2.75, 3.05) is 40.1 Å². The SMILES string of the molecule is COCCOc1cccc(C(=O)NCC(C)(C)c2ccc3c(c2)OCCO3)c1. The second-order valence-electron chi connectivity index (χ2n) is 7.29. The van der Waals surface area contributed by atoms with Crippen molar-refractivity contribution in [3.05, 3.63) is 53.6 Å². The van der Waals surface area contributed by atoms with Crippen molar-refractivity contribution in [1.29, 1.82) is 0 Å². The average molecular weight is 385 g/mol. The van der Waals surface area contributed by atoms with Crippen LogP contribution >= 0.6 is 0 Å². The summed E-state index contributed by atoms with van der Waals surface area (Å²) in [4.78, 5) is 12.6. The van der Waals surface area contributed by atoms with E-state index in [0.717, 1.165) is 17.1 Å². The molecule has 0 bridgehead atoms. The molecule has 0 spiro atoms. The Kier molecular flexibility index (Phi) is 6.41. The fraction of sp³-hybridized carbons (Fsp3) is 0.409. The van der Waals surface area contributed by atoms with Gasteiger partial charge in [0.05, 0.1) is 6.61 Å². The summed E-state index contributed by atoms with van der Waals surface area (Å²) in [6.07, 6.45) is 0. The summed E-state index contributed by atoms with van der Waals surface area (Å²) in [6.45, 7) is 6.72. The molecule has 6 nitrogen and oxygen atoms in total. The van der Waals surface area contributed by atoms with Crippen LogP contribution in [0.25, 0.3) is 0 Å². The summed E-state index contributed by atoms with van der Waals surface area (Å²) in [5, 5.41) is 3.02. The third-order valence-corrected chi connectivity index (χ3v) is 4.67. The predicted octanol–water partition coefficient (Wildman–Crippen LogP) is 3.19. The molecule has 6 heteroatoms. The van der Waals surface area contributed by atoms with Crippen LogP contribution in [0.15, 0.2) is 42.5 Å². The van der Waals surface area contributed by atoms with Crippen LogP contribution in [0.5, 0.6) is 17.2 Å². The van der Waals surface area contributed by atoms with Gasteiger partial charge in [-0.1, -0.05) is 26.0 Å². The molecule has 0 saturated heterocycles. The van der Waals surface area contributed by atoms with E-state index in [4.69, 9.17) is 18.9 Å². The lowest BCUT2D eigenvalue weighted by Crippen LogP contribution is -2.36. The minimum Gasteiger partial charge on any atom is -0.491 e. The number of hydrogen-bond donors (Lipinski definition) is 1. The van der Waals surface area contributed by atoms with Crippen LogP contribution in [0.4, 0.5) is 0 Å². The van der Waals surface area contributed by atoms with Gasteiger partial charge in [0.2, 0.25) is 0 Å². The number of methoxy groups -OCH3 is 1. The van der Waals surface area contributed by atoms with Gasteiger partial charge >= 0.3 is 0 Å². The van der Waals surface area contributed by atoms with E-state index in [1.807, 2.05) is 30.3 Å². The molecule has 1 heterocycles. The van der Waals surface area contributed by atoms with Crippen LogP contribution < -0.4 is 19.5 Å². The smallest absolute Gasteiger partial charge is 0.251 e. The first-order valence-electron chi connectivity index (χ1n) is 9.40. The van der Waals surface area contributed by atoms with E-state index in [1.54, 1.807) is 19.2 Å². The van der Waals surface area contributed by atoms with Gasteiger partial charge in [-0.25, -0.2) is 0 Å². The molecule has 3 rings (SSSR count). The van der Waals surface area contributed by atoms with E-state index in [1.165, 1.54) is 0 Å². The second-order valence-corrected chi connectivity index (χ2v) is 7.29. The molecule has 1 aliphatic rings. The highest BCUT2D eigenvalue weighted by Crippen LogP contribution is 2.35. The van der Waals surface area contributed by atoms with Gasteiger partial charge in [-0.2, -0.15) is 0 Å². The summed E-state index contributed by atoms with van der Waals surface area (Å²) >= 11 is 0. The first-order chi connectivity index (χ1) is 13.5. The molecule has 2 aromatic carbocycles. The molecular weight excluding hydrogens is 358 g/mol. The van der Waals surface area contributed by atoms with Crippen molar-refractivity contribution in [2.24, 2.45) is 0 Å². The zero-order valence-electron chi connectivity index (χ0n) is 16.6. The fourth-order valence-electron chi connectivity index (χ4n) is 2.94. The molecule has 2 aromatic rings. The zero-order valence-corrected chi connectivity index (χ0v) is 16.6. The summed E-state index contributed by atoms with van der Waals surface area (Å²) in [5.74, 6) is 2.03. The largest absolute Gasteiger partial charge is 0.491 e. The van der Waals surface area contributed by atoms with Gasteiger partial charge < -0.3 is 24.3 Å². The molecule has 1 N–H and O–H groups in total. The molecule has 0 aliphatic carbocycles. The molecule has 0 atom stereocenters. The molecular formula is C22H27NO5. The standard InChI is InChI=1S/C22H27NO5/c1-22(2,17-7-8-19-20(14-17)28-12-11-27-19)15-23-21(24)16-5-4-6-18(13-16)26-10-9-25-3/h4-8,13-14H,9-12,15H2,1-3H3,(H,23,24). The van der Waals surface area contributed by atoms with E-state index < -0.39 is 0 Å². The second kappa shape index (κ2) is 8.97. The van der Waals surface area contributed by atoms with Gasteiger partial charge in [-0.15, -0.1) is 0 Å². The maximum Gasteiger partial charge on any atom is 0.251 e. The van der Waals surface area contributed by atoms with Gasteiger partial charge in [0.15, 0.2) is 11.5 Å². The average Bonchev–Trinajstić information content (AvgIpc) is 2.72. The zero-order chi connectivity index (χ0) is 20.0. The third kappa shape index (κ3) is 4.95. The highest BCUT2D eigenvalue weighted by molar-refractivity contribution is 5.94. The number of ether oxygens (including phenoxy) is 4. The number of hydrogen-bond acceptors (Lipinski definition) is 5. The van der Waals surface area contributed by atoms with Crippen LogP contribution in [0.2, 0.25) is 0 Å². The summed E-state index contributed by atoms with van der Waals surface area (Å²) in [5.41, 5.74) is 1.37. The van der Waals surface area contributed by atoms with Crippen molar-refractivity contribution in [1.82, 2.24) is 5.32 Å². The Labute approximate surface area is 165 Å². The lowest BCUT2D eigenvalue weighted by Gasteiger charge is -2.28. The van der Waals surface area contributed by atoms with Crippen molar-refractivity contribution >= 4 is 5.91 Å². The minimum absolute atomic E-state index is 0.136. The Hall–Kier alpha value is -2.73. The van der Waals surface area contributed by atoms with Crippen LogP contribution in [0, 0.1) is 0 Å². The number of carbonyl (C=O) groups excluding carboxylic acids is 1. The van der Waals surface area contributed by atoms with Gasteiger partial charge in [-0.3, -0.25) is 4.79 Å². The number of amides is 1. The molecule has 1 amide bonds. The topological polar surface area (TPSA) is 66.0 Å². The molecule has 0 fully saturated rings. The summed E-state index contributed by atoms with van der Waals surface area (Å²) in [6, 6.07) is 13.1. The van der Waals surface area contributed by atoms with Crippen molar-refractivity contribution < 1.29 is 23.7 Å². The number of benzene rings is 2. The van der Waals surface area contributed by atoms with Crippen LogP contribution in [-0.2, 0) is 10.2 Å². The fourth-order valence-corrected chi connectivity index (χ4v) is 2.94. The third-order valence-electron chi connectivity index (χ3n) is 4.67. The Balaban J connectivity index is 1.62. The highest BCUT2D eigenvalue weighted by Gasteiger charge is 2.24. The molecule has 150 valence electrons. The maximum absolute atomic E-state index is 12.6. The first kappa shape index (κ1) is 20.0. The van der Waals surface area contributed by atoms with Gasteiger partial charge in [0, 0.05) is 24.6 Å². The monoisotopic (exact) mass is 385 g/mol. The van der Waals surface area contributed by atoms with Crippen LogP contribution in [0.1, 0.15) is 29.8 Å². The maximum atomic E-state index is 12.6. The number of nitrogens with one attached hydrogen (secondary N) is 1. The Morgan fingerprint density at radius 2 is 1.86 bits per heavy atom. The molecule has 1 aliphatic heterocycles. The first-order valence-corrected chi connectivity index (χ1v) is 9.40. The van der Waals surface area contributed by atoms with E-state index in [0.29, 0.717) is 44.3 Å². The predicted molar refractivity (Wildman–Crippen MR) is 107 cm³/mol. The van der Waals surface area contributed by atoms with Gasteiger partial charge in [0.1, 0.15) is 25.6 Å². The normalized spacial score (nSPS) is 13.1. The lowest BCUT2D eigenvalue weighted by atomic mass is 9.84. The van der Waals surface area contributed by atoms with Crippen LogP contribution in [-0.4, -0.2) is 46.0 Å². The minimum atomic E-state index is -0.266.